The molecule has 2 nitrogen and oxygen atoms in total. The first-order valence-electron chi connectivity index (χ1n) is 4.71. The van der Waals surface area contributed by atoms with Crippen molar-refractivity contribution in [2.45, 2.75) is 24.3 Å². The number of likely N-dealkylation sites (N-methyl/N-ethyl adjacent to an activating group) is 1. The molecule has 1 aliphatic heterocycles. The number of nitrogens with zero attached hydrogens (tertiary/aromatic N) is 1. The van der Waals surface area contributed by atoms with Crippen molar-refractivity contribution < 1.29 is 4.21 Å². The summed E-state index contributed by atoms with van der Waals surface area (Å²) in [6.07, 6.45) is 0.958. The van der Waals surface area contributed by atoms with Gasteiger partial charge < -0.3 is 0 Å². The van der Waals surface area contributed by atoms with Crippen LogP contribution < -0.4 is 0 Å². The molecule has 1 aromatic rings. The number of rotatable bonds is 0. The van der Waals surface area contributed by atoms with E-state index >= 15 is 0 Å². The van der Waals surface area contributed by atoms with E-state index in [0.717, 1.165) is 11.3 Å². The lowest BCUT2D eigenvalue weighted by molar-refractivity contribution is 0.397. The number of fused-ring (bicyclic) bond motifs is 1. The van der Waals surface area contributed by atoms with Crippen LogP contribution in [0.2, 0.25) is 0 Å². The number of hydrogen-bond acceptors (Lipinski definition) is 1. The van der Waals surface area contributed by atoms with Crippen molar-refractivity contribution in [3.05, 3.63) is 29.8 Å². The SMILES string of the molecule is C=S1(=O)c2ccccc2CC(C)N1C. The molecule has 0 aromatic heterocycles. The van der Waals surface area contributed by atoms with Crippen molar-refractivity contribution in [3.63, 3.8) is 0 Å². The van der Waals surface area contributed by atoms with E-state index in [1.165, 1.54) is 5.56 Å². The molecule has 2 rings (SSSR count). The predicted molar refractivity (Wildman–Crippen MR) is 60.9 cm³/mol. The zero-order chi connectivity index (χ0) is 10.3. The maximum absolute atomic E-state index is 12.4. The summed E-state index contributed by atoms with van der Waals surface area (Å²) in [5.41, 5.74) is 1.18. The summed E-state index contributed by atoms with van der Waals surface area (Å²) >= 11 is 0. The Morgan fingerprint density at radius 1 is 1.50 bits per heavy atom. The standard InChI is InChI=1S/C11H15NOS/c1-9-8-10-6-4-5-7-11(10)14(3,13)12(9)2/h4-7,9H,3,8H2,1-2H3. The van der Waals surface area contributed by atoms with Crippen LogP contribution in [-0.2, 0) is 16.1 Å². The zero-order valence-corrected chi connectivity index (χ0v) is 9.38. The fourth-order valence-corrected chi connectivity index (χ4v) is 3.69. The van der Waals surface area contributed by atoms with E-state index in [9.17, 15) is 4.21 Å². The van der Waals surface area contributed by atoms with Gasteiger partial charge in [-0.05, 0) is 37.9 Å². The monoisotopic (exact) mass is 209 g/mol. The average Bonchev–Trinajstić information content (AvgIpc) is 2.15. The van der Waals surface area contributed by atoms with Gasteiger partial charge in [-0.15, -0.1) is 0 Å². The van der Waals surface area contributed by atoms with Crippen LogP contribution in [0.15, 0.2) is 29.2 Å². The largest absolute Gasteiger partial charge is 0.248 e. The summed E-state index contributed by atoms with van der Waals surface area (Å²) < 4.78 is 14.3. The smallest absolute Gasteiger partial charge is 0.0561 e. The molecule has 1 aliphatic rings. The molecule has 0 spiro atoms. The summed E-state index contributed by atoms with van der Waals surface area (Å²) in [5.74, 6) is 3.86. The van der Waals surface area contributed by atoms with Gasteiger partial charge in [-0.25, -0.2) is 8.51 Å². The molecule has 76 valence electrons. The van der Waals surface area contributed by atoms with Crippen LogP contribution in [0.5, 0.6) is 0 Å². The van der Waals surface area contributed by atoms with Gasteiger partial charge in [0.05, 0.1) is 9.71 Å². The summed E-state index contributed by atoms with van der Waals surface area (Å²) in [6, 6.07) is 8.19. The molecular weight excluding hydrogens is 194 g/mol. The summed E-state index contributed by atoms with van der Waals surface area (Å²) in [6.45, 7) is 2.08. The highest BCUT2D eigenvalue weighted by atomic mass is 32.2. The van der Waals surface area contributed by atoms with E-state index in [0.29, 0.717) is 6.04 Å². The highest BCUT2D eigenvalue weighted by Gasteiger charge is 2.27. The zero-order valence-electron chi connectivity index (χ0n) is 8.56. The maximum Gasteiger partial charge on any atom is 0.0561 e. The van der Waals surface area contributed by atoms with Gasteiger partial charge in [0, 0.05) is 10.9 Å². The fourth-order valence-electron chi connectivity index (χ4n) is 1.88. The Balaban J connectivity index is 2.66. The molecule has 1 heterocycles. The van der Waals surface area contributed by atoms with E-state index in [-0.39, 0.29) is 0 Å². The van der Waals surface area contributed by atoms with E-state index in [4.69, 9.17) is 0 Å². The highest BCUT2D eigenvalue weighted by Crippen LogP contribution is 2.27. The van der Waals surface area contributed by atoms with Crippen LogP contribution in [-0.4, -0.2) is 27.5 Å². The fraction of sp³-hybridized carbons (Fsp3) is 0.364. The first kappa shape index (κ1) is 9.74. The van der Waals surface area contributed by atoms with Crippen LogP contribution >= 0.6 is 0 Å². The minimum absolute atomic E-state index is 0.301. The third-order valence-electron chi connectivity index (χ3n) is 2.92. The minimum atomic E-state index is -2.24. The van der Waals surface area contributed by atoms with Gasteiger partial charge >= 0.3 is 0 Å². The number of hydrogen-bond donors (Lipinski definition) is 0. The topological polar surface area (TPSA) is 20.3 Å². The van der Waals surface area contributed by atoms with Crippen molar-refractivity contribution >= 4 is 15.6 Å². The lowest BCUT2D eigenvalue weighted by atomic mass is 10.1. The molecule has 0 saturated heterocycles. The van der Waals surface area contributed by atoms with Gasteiger partial charge in [0.1, 0.15) is 0 Å². The van der Waals surface area contributed by atoms with Crippen LogP contribution in [0.1, 0.15) is 12.5 Å². The second-order valence-electron chi connectivity index (χ2n) is 3.85. The van der Waals surface area contributed by atoms with Crippen LogP contribution in [0, 0.1) is 0 Å². The molecule has 0 amide bonds. The Hall–Kier alpha value is -0.800. The third kappa shape index (κ3) is 1.28. The van der Waals surface area contributed by atoms with Crippen LogP contribution in [0.25, 0.3) is 0 Å². The predicted octanol–water partition coefficient (Wildman–Crippen LogP) is 1.55. The Bertz CT molecular complexity index is 450. The van der Waals surface area contributed by atoms with Crippen LogP contribution in [0.3, 0.4) is 0 Å². The maximum atomic E-state index is 12.4. The second kappa shape index (κ2) is 3.11. The highest BCUT2D eigenvalue weighted by molar-refractivity contribution is 7.98. The second-order valence-corrected chi connectivity index (χ2v) is 6.14. The molecular formula is C11H15NOS. The van der Waals surface area contributed by atoms with Crippen LogP contribution in [0.4, 0.5) is 0 Å². The molecule has 0 bridgehead atoms. The molecule has 0 radical (unpaired) electrons. The van der Waals surface area contributed by atoms with E-state index in [2.05, 4.69) is 12.8 Å². The molecule has 0 fully saturated rings. The van der Waals surface area contributed by atoms with E-state index in [1.807, 2.05) is 35.6 Å². The first-order valence-corrected chi connectivity index (χ1v) is 6.40. The Kier molecular flexibility index (Phi) is 2.16. The molecule has 1 aromatic carbocycles. The lowest BCUT2D eigenvalue weighted by Gasteiger charge is -2.34. The van der Waals surface area contributed by atoms with E-state index < -0.39 is 9.71 Å². The Morgan fingerprint density at radius 2 is 2.14 bits per heavy atom. The minimum Gasteiger partial charge on any atom is -0.248 e. The van der Waals surface area contributed by atoms with Crippen molar-refractivity contribution in [3.8, 4) is 0 Å². The average molecular weight is 209 g/mol. The molecule has 0 saturated carbocycles. The van der Waals surface area contributed by atoms with E-state index in [1.54, 1.807) is 0 Å². The van der Waals surface area contributed by atoms with Gasteiger partial charge in [0.25, 0.3) is 0 Å². The van der Waals surface area contributed by atoms with Crippen molar-refractivity contribution in [2.24, 2.45) is 0 Å². The molecule has 2 atom stereocenters. The van der Waals surface area contributed by atoms with Gasteiger partial charge in [-0.2, -0.15) is 0 Å². The lowest BCUT2D eigenvalue weighted by Crippen LogP contribution is -2.40. The third-order valence-corrected chi connectivity index (χ3v) is 5.29. The Morgan fingerprint density at radius 3 is 2.86 bits per heavy atom. The summed E-state index contributed by atoms with van der Waals surface area (Å²) in [4.78, 5) is 0.903. The normalized spacial score (nSPS) is 32.6. The molecule has 14 heavy (non-hydrogen) atoms. The van der Waals surface area contributed by atoms with Gasteiger partial charge in [0.15, 0.2) is 0 Å². The summed E-state index contributed by atoms with van der Waals surface area (Å²) in [7, 11) is -0.352. The Labute approximate surface area is 85.7 Å². The molecule has 3 heteroatoms. The van der Waals surface area contributed by atoms with Gasteiger partial charge in [0.2, 0.25) is 0 Å². The molecule has 0 N–H and O–H groups in total. The van der Waals surface area contributed by atoms with Gasteiger partial charge in [-0.1, -0.05) is 18.2 Å². The molecule has 2 unspecified atom stereocenters. The van der Waals surface area contributed by atoms with Crippen molar-refractivity contribution in [1.29, 1.82) is 0 Å². The number of benzene rings is 1. The van der Waals surface area contributed by atoms with Crippen molar-refractivity contribution in [1.82, 2.24) is 4.31 Å². The quantitative estimate of drug-likeness (QED) is 0.594. The first-order chi connectivity index (χ1) is 6.53. The van der Waals surface area contributed by atoms with Gasteiger partial charge in [-0.3, -0.25) is 0 Å². The molecule has 0 aliphatic carbocycles. The van der Waals surface area contributed by atoms with Crippen molar-refractivity contribution in [2.75, 3.05) is 7.05 Å². The summed E-state index contributed by atoms with van der Waals surface area (Å²) in [5, 5.41) is 0.